The van der Waals surface area contributed by atoms with E-state index in [1.165, 1.54) is 0 Å². The lowest BCUT2D eigenvalue weighted by atomic mass is 10.1. The quantitative estimate of drug-likeness (QED) is 0.925. The first-order chi connectivity index (χ1) is 9.81. The predicted molar refractivity (Wildman–Crippen MR) is 82.0 cm³/mol. The minimum atomic E-state index is 0.0428. The molecule has 0 spiro atoms. The van der Waals surface area contributed by atoms with Gasteiger partial charge < -0.3 is 14.9 Å². The molecule has 1 saturated heterocycles. The van der Waals surface area contributed by atoms with Crippen molar-refractivity contribution in [1.29, 1.82) is 0 Å². The zero-order chi connectivity index (χ0) is 13.9. The Hall–Kier alpha value is -1.65. The number of rotatable bonds is 3. The highest BCUT2D eigenvalue weighted by Gasteiger charge is 2.19. The third-order valence-electron chi connectivity index (χ3n) is 4.07. The summed E-state index contributed by atoms with van der Waals surface area (Å²) in [6, 6.07) is 10.1. The molecule has 0 atom stereocenters. The molecule has 2 aromatic rings. The van der Waals surface area contributed by atoms with E-state index in [0.29, 0.717) is 0 Å². The smallest absolute Gasteiger partial charge is 0.134 e. The third kappa shape index (κ3) is 2.49. The Balaban J connectivity index is 1.94. The summed E-state index contributed by atoms with van der Waals surface area (Å²) in [6.07, 6.45) is 0. The van der Waals surface area contributed by atoms with E-state index in [2.05, 4.69) is 22.8 Å². The lowest BCUT2D eigenvalue weighted by Crippen LogP contribution is -2.46. The van der Waals surface area contributed by atoms with Crippen molar-refractivity contribution in [2.45, 2.75) is 13.5 Å². The number of aliphatic hydroxyl groups is 1. The van der Waals surface area contributed by atoms with E-state index in [4.69, 9.17) is 4.98 Å². The molecule has 0 amide bonds. The van der Waals surface area contributed by atoms with Crippen molar-refractivity contribution < 1.29 is 5.11 Å². The monoisotopic (exact) mass is 271 g/mol. The Kier molecular flexibility index (Phi) is 3.85. The molecule has 1 aliphatic rings. The van der Waals surface area contributed by atoms with Crippen molar-refractivity contribution in [1.82, 2.24) is 9.88 Å². The molecule has 0 radical (unpaired) electrons. The van der Waals surface area contributed by atoms with Crippen LogP contribution >= 0.6 is 0 Å². The lowest BCUT2D eigenvalue weighted by molar-refractivity contribution is 0.266. The number of fused-ring (bicyclic) bond motifs is 1. The normalized spacial score (nSPS) is 16.8. The van der Waals surface area contributed by atoms with E-state index >= 15 is 0 Å². The van der Waals surface area contributed by atoms with Crippen LogP contribution in [0.2, 0.25) is 0 Å². The van der Waals surface area contributed by atoms with Gasteiger partial charge in [0.05, 0.1) is 12.1 Å². The average molecular weight is 271 g/mol. The minimum Gasteiger partial charge on any atom is -0.392 e. The second-order valence-electron chi connectivity index (χ2n) is 5.24. The van der Waals surface area contributed by atoms with Gasteiger partial charge in [0.15, 0.2) is 0 Å². The molecule has 1 fully saturated rings. The Morgan fingerprint density at radius 1 is 1.15 bits per heavy atom. The van der Waals surface area contributed by atoms with Gasteiger partial charge in [0.1, 0.15) is 5.82 Å². The van der Waals surface area contributed by atoms with Crippen molar-refractivity contribution in [3.05, 3.63) is 35.9 Å². The summed E-state index contributed by atoms with van der Waals surface area (Å²) in [5, 5.41) is 10.7. The van der Waals surface area contributed by atoms with Gasteiger partial charge in [-0.1, -0.05) is 25.1 Å². The van der Waals surface area contributed by atoms with E-state index in [-0.39, 0.29) is 6.61 Å². The lowest BCUT2D eigenvalue weighted by Gasteiger charge is -2.35. The highest BCUT2D eigenvalue weighted by molar-refractivity contribution is 5.81. The first-order valence-corrected chi connectivity index (χ1v) is 7.28. The van der Waals surface area contributed by atoms with Gasteiger partial charge in [-0.25, -0.2) is 4.98 Å². The first kappa shape index (κ1) is 13.3. The van der Waals surface area contributed by atoms with Crippen molar-refractivity contribution in [3.8, 4) is 0 Å². The van der Waals surface area contributed by atoms with Crippen molar-refractivity contribution >= 4 is 16.7 Å². The highest BCUT2D eigenvalue weighted by atomic mass is 16.3. The largest absolute Gasteiger partial charge is 0.392 e. The molecule has 0 bridgehead atoms. The van der Waals surface area contributed by atoms with Gasteiger partial charge in [-0.15, -0.1) is 0 Å². The van der Waals surface area contributed by atoms with Gasteiger partial charge in [0, 0.05) is 37.1 Å². The molecule has 3 rings (SSSR count). The van der Waals surface area contributed by atoms with Gasteiger partial charge in [0.25, 0.3) is 0 Å². The summed E-state index contributed by atoms with van der Waals surface area (Å²) < 4.78 is 0. The van der Waals surface area contributed by atoms with Crippen LogP contribution in [0.4, 0.5) is 5.82 Å². The number of aromatic nitrogens is 1. The van der Waals surface area contributed by atoms with Crippen molar-refractivity contribution in [2.24, 2.45) is 0 Å². The number of anilines is 1. The number of benzene rings is 1. The number of piperazine rings is 1. The number of aliphatic hydroxyl groups excluding tert-OH is 1. The molecule has 0 aliphatic carbocycles. The zero-order valence-electron chi connectivity index (χ0n) is 11.9. The predicted octanol–water partition coefficient (Wildman–Crippen LogP) is 1.87. The van der Waals surface area contributed by atoms with Crippen LogP contribution in [0.25, 0.3) is 10.9 Å². The van der Waals surface area contributed by atoms with Gasteiger partial charge >= 0.3 is 0 Å². The van der Waals surface area contributed by atoms with Gasteiger partial charge in [0.2, 0.25) is 0 Å². The number of nitrogens with zero attached hydrogens (tertiary/aromatic N) is 3. The van der Waals surface area contributed by atoms with E-state index in [1.54, 1.807) is 0 Å². The summed E-state index contributed by atoms with van der Waals surface area (Å²) in [7, 11) is 0. The van der Waals surface area contributed by atoms with E-state index in [0.717, 1.165) is 55.0 Å². The molecule has 20 heavy (non-hydrogen) atoms. The minimum absolute atomic E-state index is 0.0428. The Morgan fingerprint density at radius 2 is 1.90 bits per heavy atom. The second kappa shape index (κ2) is 5.77. The summed E-state index contributed by atoms with van der Waals surface area (Å²) in [6.45, 7) is 7.43. The van der Waals surface area contributed by atoms with Crippen LogP contribution in [-0.4, -0.2) is 47.7 Å². The standard InChI is InChI=1S/C16H21N3O/c1-2-18-7-9-19(10-8-18)16-14(12-20)11-13-5-3-4-6-15(13)17-16/h3-6,11,20H,2,7-10,12H2,1H3. The molecule has 0 saturated carbocycles. The molecule has 1 aliphatic heterocycles. The first-order valence-electron chi connectivity index (χ1n) is 7.28. The fourth-order valence-corrected chi connectivity index (χ4v) is 2.82. The van der Waals surface area contributed by atoms with Crippen LogP contribution in [0.15, 0.2) is 30.3 Å². The molecule has 1 aromatic carbocycles. The summed E-state index contributed by atoms with van der Waals surface area (Å²) in [5.41, 5.74) is 1.92. The third-order valence-corrected chi connectivity index (χ3v) is 4.07. The molecular weight excluding hydrogens is 250 g/mol. The number of hydrogen-bond donors (Lipinski definition) is 1. The SMILES string of the molecule is CCN1CCN(c2nc3ccccc3cc2CO)CC1. The molecule has 1 aromatic heterocycles. The molecule has 4 heteroatoms. The molecule has 2 heterocycles. The summed E-state index contributed by atoms with van der Waals surface area (Å²) in [5.74, 6) is 0.946. The van der Waals surface area contributed by atoms with E-state index in [9.17, 15) is 5.11 Å². The molecule has 1 N–H and O–H groups in total. The molecule has 0 unspecified atom stereocenters. The van der Waals surface area contributed by atoms with E-state index in [1.807, 2.05) is 24.3 Å². The van der Waals surface area contributed by atoms with Crippen LogP contribution in [-0.2, 0) is 6.61 Å². The van der Waals surface area contributed by atoms with Crippen LogP contribution in [0, 0.1) is 0 Å². The van der Waals surface area contributed by atoms with Gasteiger partial charge in [-0.05, 0) is 18.7 Å². The summed E-state index contributed by atoms with van der Waals surface area (Å²) >= 11 is 0. The Labute approximate surface area is 119 Å². The molecular formula is C16H21N3O. The van der Waals surface area contributed by atoms with E-state index < -0.39 is 0 Å². The number of para-hydroxylation sites is 1. The number of pyridine rings is 1. The zero-order valence-corrected chi connectivity index (χ0v) is 11.9. The highest BCUT2D eigenvalue weighted by Crippen LogP contribution is 2.24. The second-order valence-corrected chi connectivity index (χ2v) is 5.24. The number of hydrogen-bond acceptors (Lipinski definition) is 4. The maximum Gasteiger partial charge on any atom is 0.134 e. The fourth-order valence-electron chi connectivity index (χ4n) is 2.82. The average Bonchev–Trinajstić information content (AvgIpc) is 2.53. The Morgan fingerprint density at radius 3 is 2.60 bits per heavy atom. The molecule has 106 valence electrons. The van der Waals surface area contributed by atoms with Crippen molar-refractivity contribution in [2.75, 3.05) is 37.6 Å². The maximum absolute atomic E-state index is 9.63. The topological polar surface area (TPSA) is 39.6 Å². The number of likely N-dealkylation sites (N-methyl/N-ethyl adjacent to an activating group) is 1. The Bertz CT molecular complexity index is 591. The fraction of sp³-hybridized carbons (Fsp3) is 0.438. The molecule has 4 nitrogen and oxygen atoms in total. The van der Waals surface area contributed by atoms with Crippen LogP contribution in [0.3, 0.4) is 0 Å². The summed E-state index contributed by atoms with van der Waals surface area (Å²) in [4.78, 5) is 9.50. The van der Waals surface area contributed by atoms with Gasteiger partial charge in [-0.3, -0.25) is 0 Å². The van der Waals surface area contributed by atoms with Crippen LogP contribution in [0.5, 0.6) is 0 Å². The van der Waals surface area contributed by atoms with Gasteiger partial charge in [-0.2, -0.15) is 0 Å². The maximum atomic E-state index is 9.63. The van der Waals surface area contributed by atoms with Crippen LogP contribution in [0.1, 0.15) is 12.5 Å². The van der Waals surface area contributed by atoms with Crippen LogP contribution < -0.4 is 4.90 Å². The van der Waals surface area contributed by atoms with Crippen molar-refractivity contribution in [3.63, 3.8) is 0 Å².